The predicted molar refractivity (Wildman–Crippen MR) is 81.3 cm³/mol. The SMILES string of the molecule is C1[C@@H]2[C@@H]3[C@H]4C[C@@H]5C([C@@H]14)[C@H]2C(=C1[C@@H]2C4[C@H]6C[C@@H]2C2[C@H]6C[C@H]4[C@H]12)[C@H]35. The Morgan fingerprint density at radius 2 is 0.636 bits per heavy atom. The zero-order valence-electron chi connectivity index (χ0n) is 13.1. The quantitative estimate of drug-likeness (QED) is 0.594. The Morgan fingerprint density at radius 1 is 0.364 bits per heavy atom. The molecule has 12 bridgehead atoms. The molecule has 12 saturated carbocycles. The Kier molecular flexibility index (Phi) is 1.09. The molecule has 0 heteroatoms. The molecule has 12 rings (SSSR count). The van der Waals surface area contributed by atoms with E-state index in [1.807, 2.05) is 0 Å². The van der Waals surface area contributed by atoms with Gasteiger partial charge in [-0.1, -0.05) is 11.1 Å². The molecule has 0 aliphatic heterocycles. The van der Waals surface area contributed by atoms with E-state index in [0.717, 1.165) is 0 Å². The van der Waals surface area contributed by atoms with E-state index in [1.165, 1.54) is 94.7 Å². The van der Waals surface area contributed by atoms with Crippen molar-refractivity contribution in [2.45, 2.75) is 25.7 Å². The molecule has 12 aliphatic carbocycles. The minimum Gasteiger partial charge on any atom is -0.0630 e. The van der Waals surface area contributed by atoms with Crippen LogP contribution in [0.3, 0.4) is 0 Å². The zero-order valence-corrected chi connectivity index (χ0v) is 13.1. The first kappa shape index (κ1) is 9.90. The fourth-order valence-electron chi connectivity index (χ4n) is 13.4. The van der Waals surface area contributed by atoms with Crippen LogP contribution < -0.4 is 0 Å². The monoisotopic (exact) mass is 288 g/mol. The van der Waals surface area contributed by atoms with E-state index in [1.54, 1.807) is 25.7 Å². The summed E-state index contributed by atoms with van der Waals surface area (Å²) in [6, 6.07) is 0. The van der Waals surface area contributed by atoms with Crippen molar-refractivity contribution in [3.63, 3.8) is 0 Å². The summed E-state index contributed by atoms with van der Waals surface area (Å²) in [7, 11) is 0. The summed E-state index contributed by atoms with van der Waals surface area (Å²) in [5.74, 6) is 19.4. The number of hydrogen-bond donors (Lipinski definition) is 0. The van der Waals surface area contributed by atoms with Crippen molar-refractivity contribution >= 4 is 0 Å². The van der Waals surface area contributed by atoms with Crippen molar-refractivity contribution < 1.29 is 0 Å². The smallest absolute Gasteiger partial charge is 0.0132 e. The molecule has 0 radical (unpaired) electrons. The third-order valence-electron chi connectivity index (χ3n) is 12.5. The molecule has 112 valence electrons. The van der Waals surface area contributed by atoms with Gasteiger partial charge in [0.1, 0.15) is 0 Å². The summed E-state index contributed by atoms with van der Waals surface area (Å²) in [5.41, 5.74) is 4.48. The molecular weight excluding hydrogens is 264 g/mol. The van der Waals surface area contributed by atoms with Gasteiger partial charge in [0.05, 0.1) is 0 Å². The fraction of sp³-hybridized carbons (Fsp3) is 0.909. The largest absolute Gasteiger partial charge is 0.0630 e. The summed E-state index contributed by atoms with van der Waals surface area (Å²) in [5, 5.41) is 0. The van der Waals surface area contributed by atoms with E-state index in [0.29, 0.717) is 0 Å². The molecule has 22 heavy (non-hydrogen) atoms. The maximum Gasteiger partial charge on any atom is -0.0132 e. The van der Waals surface area contributed by atoms with Gasteiger partial charge in [-0.15, -0.1) is 0 Å². The summed E-state index contributed by atoms with van der Waals surface area (Å²) < 4.78 is 0. The molecule has 0 spiro atoms. The van der Waals surface area contributed by atoms with Crippen LogP contribution in [0.4, 0.5) is 0 Å². The lowest BCUT2D eigenvalue weighted by molar-refractivity contribution is 0.132. The standard InChI is InChI=1S/C22H24/c1-5-6-2-10-13(5)17-9(1)14(6)18(10)21(17)22-19-11-3-7-8-4-12(15(7)19)20(22)16(8)11/h5-20H,1-4H2/t5-,6-,7-,8-,9+,10+,11+,12+,13-,14?,15?,16?,17-,18-,19-,20-/m0/s1. The number of rotatable bonds is 0. The summed E-state index contributed by atoms with van der Waals surface area (Å²) >= 11 is 0. The number of allylic oxidation sites excluding steroid dienone is 2. The van der Waals surface area contributed by atoms with E-state index in [4.69, 9.17) is 0 Å². The molecule has 12 fully saturated rings. The molecule has 0 aromatic carbocycles. The highest BCUT2D eigenvalue weighted by atomic mass is 14.9. The molecular formula is C22H24. The molecule has 12 aliphatic rings. The minimum atomic E-state index is 1.17. The Hall–Kier alpha value is -0.260. The van der Waals surface area contributed by atoms with Crippen LogP contribution >= 0.6 is 0 Å². The third-order valence-corrected chi connectivity index (χ3v) is 12.5. The average molecular weight is 288 g/mol. The van der Waals surface area contributed by atoms with Crippen LogP contribution in [0.25, 0.3) is 0 Å². The van der Waals surface area contributed by atoms with E-state index >= 15 is 0 Å². The van der Waals surface area contributed by atoms with Gasteiger partial charge in [-0.3, -0.25) is 0 Å². The molecule has 0 aromatic rings. The lowest BCUT2D eigenvalue weighted by Crippen LogP contribution is -2.30. The maximum atomic E-state index is 2.24. The lowest BCUT2D eigenvalue weighted by atomic mass is 9.71. The molecule has 0 N–H and O–H groups in total. The lowest BCUT2D eigenvalue weighted by Gasteiger charge is -2.33. The van der Waals surface area contributed by atoms with Crippen LogP contribution in [0.1, 0.15) is 25.7 Å². The second-order valence-corrected chi connectivity index (χ2v) is 11.6. The maximum absolute atomic E-state index is 2.24. The molecule has 3 unspecified atom stereocenters. The Bertz CT molecular complexity index is 623. The summed E-state index contributed by atoms with van der Waals surface area (Å²) in [4.78, 5) is 0. The van der Waals surface area contributed by atoms with Crippen LogP contribution in [0, 0.1) is 94.7 Å². The van der Waals surface area contributed by atoms with Gasteiger partial charge in [-0.2, -0.15) is 0 Å². The van der Waals surface area contributed by atoms with Crippen molar-refractivity contribution in [1.29, 1.82) is 0 Å². The van der Waals surface area contributed by atoms with E-state index in [-0.39, 0.29) is 0 Å². The minimum absolute atomic E-state index is 1.17. The van der Waals surface area contributed by atoms with Gasteiger partial charge in [-0.25, -0.2) is 0 Å². The zero-order chi connectivity index (χ0) is 13.2. The van der Waals surface area contributed by atoms with Gasteiger partial charge >= 0.3 is 0 Å². The third kappa shape index (κ3) is 0.597. The van der Waals surface area contributed by atoms with Crippen molar-refractivity contribution in [2.75, 3.05) is 0 Å². The van der Waals surface area contributed by atoms with Gasteiger partial charge in [0.15, 0.2) is 0 Å². The Morgan fingerprint density at radius 3 is 0.909 bits per heavy atom. The van der Waals surface area contributed by atoms with Gasteiger partial charge < -0.3 is 0 Å². The normalized spacial score (nSPS) is 86.2. The summed E-state index contributed by atoms with van der Waals surface area (Å²) in [6.45, 7) is 0. The molecule has 0 amide bonds. The highest BCUT2D eigenvalue weighted by Gasteiger charge is 2.83. The molecule has 0 saturated heterocycles. The van der Waals surface area contributed by atoms with E-state index in [9.17, 15) is 0 Å². The number of hydrogen-bond acceptors (Lipinski definition) is 0. The van der Waals surface area contributed by atoms with Gasteiger partial charge in [-0.05, 0) is 120 Å². The summed E-state index contributed by atoms with van der Waals surface area (Å²) in [6.07, 6.45) is 6.76. The Labute approximate surface area is 132 Å². The second-order valence-electron chi connectivity index (χ2n) is 11.6. The van der Waals surface area contributed by atoms with Crippen LogP contribution in [0.5, 0.6) is 0 Å². The van der Waals surface area contributed by atoms with Crippen LogP contribution in [0.2, 0.25) is 0 Å². The second kappa shape index (κ2) is 2.42. The van der Waals surface area contributed by atoms with Crippen LogP contribution in [-0.2, 0) is 0 Å². The van der Waals surface area contributed by atoms with Gasteiger partial charge in [0.25, 0.3) is 0 Å². The first-order chi connectivity index (χ1) is 10.9. The first-order valence-electron chi connectivity index (χ1n) is 10.7. The van der Waals surface area contributed by atoms with Crippen molar-refractivity contribution in [3.05, 3.63) is 11.1 Å². The van der Waals surface area contributed by atoms with Crippen LogP contribution in [-0.4, -0.2) is 0 Å². The van der Waals surface area contributed by atoms with Gasteiger partial charge in [0.2, 0.25) is 0 Å². The van der Waals surface area contributed by atoms with E-state index in [2.05, 4.69) is 11.1 Å². The van der Waals surface area contributed by atoms with E-state index < -0.39 is 0 Å². The van der Waals surface area contributed by atoms with Crippen LogP contribution in [0.15, 0.2) is 11.1 Å². The molecule has 0 aromatic heterocycles. The molecule has 0 heterocycles. The average Bonchev–Trinajstić information content (AvgIpc) is 3.23. The van der Waals surface area contributed by atoms with Crippen molar-refractivity contribution in [3.8, 4) is 0 Å². The predicted octanol–water partition coefficient (Wildman–Crippen LogP) is 3.84. The molecule has 0 nitrogen and oxygen atoms in total. The highest BCUT2D eigenvalue weighted by molar-refractivity contribution is 5.50. The van der Waals surface area contributed by atoms with Gasteiger partial charge in [0, 0.05) is 0 Å². The highest BCUT2D eigenvalue weighted by Crippen LogP contribution is 2.89. The van der Waals surface area contributed by atoms with Crippen molar-refractivity contribution in [2.24, 2.45) is 94.7 Å². The fourth-order valence-corrected chi connectivity index (χ4v) is 13.4. The topological polar surface area (TPSA) is 0 Å². The van der Waals surface area contributed by atoms with Crippen molar-refractivity contribution in [1.82, 2.24) is 0 Å². The first-order valence-corrected chi connectivity index (χ1v) is 10.7. The Balaban J connectivity index is 1.31. The molecule has 16 atom stereocenters.